The smallest absolute Gasteiger partial charge is 0.306 e. The van der Waals surface area contributed by atoms with E-state index in [4.69, 9.17) is 4.74 Å². The van der Waals surface area contributed by atoms with Crippen LogP contribution < -0.4 is 9.46 Å². The van der Waals surface area contributed by atoms with Crippen molar-refractivity contribution in [2.45, 2.75) is 50.4 Å². The maximum Gasteiger partial charge on any atom is 0.306 e. The van der Waals surface area contributed by atoms with Gasteiger partial charge in [0.25, 0.3) is 0 Å². The zero-order valence-electron chi connectivity index (χ0n) is 18.3. The van der Waals surface area contributed by atoms with Gasteiger partial charge in [-0.1, -0.05) is 36.4 Å². The first-order valence-corrected chi connectivity index (χ1v) is 13.0. The SMILES string of the molecule is O=C(O)C1CCC2(CCc3ccc(OCCNS(=O)(=O)CCc4ccccc4)cc32)CC1. The van der Waals surface area contributed by atoms with Crippen LogP contribution in [0.3, 0.4) is 0 Å². The molecule has 1 spiro atoms. The fourth-order valence-corrected chi connectivity index (χ4v) is 6.18. The fraction of sp³-hybridized carbons (Fsp3) is 0.480. The molecular weight excluding hydrogens is 426 g/mol. The van der Waals surface area contributed by atoms with Crippen molar-refractivity contribution < 1.29 is 23.1 Å². The molecule has 0 unspecified atom stereocenters. The number of rotatable bonds is 9. The van der Waals surface area contributed by atoms with E-state index >= 15 is 0 Å². The first-order valence-electron chi connectivity index (χ1n) is 11.4. The number of carboxylic acid groups (broad SMARTS) is 1. The molecule has 0 heterocycles. The van der Waals surface area contributed by atoms with Crippen LogP contribution in [0.25, 0.3) is 0 Å². The highest BCUT2D eigenvalue weighted by Crippen LogP contribution is 2.50. The van der Waals surface area contributed by atoms with E-state index in [2.05, 4.69) is 16.9 Å². The molecular formula is C25H31NO5S. The van der Waals surface area contributed by atoms with Crippen molar-refractivity contribution in [3.05, 3.63) is 65.2 Å². The Labute approximate surface area is 190 Å². The van der Waals surface area contributed by atoms with Crippen LogP contribution in [0.5, 0.6) is 5.75 Å². The minimum atomic E-state index is -3.36. The fourth-order valence-electron chi connectivity index (χ4n) is 5.14. The normalized spacial score (nSPS) is 22.6. The molecule has 1 fully saturated rings. The highest BCUT2D eigenvalue weighted by atomic mass is 32.2. The maximum absolute atomic E-state index is 12.2. The second-order valence-electron chi connectivity index (χ2n) is 9.01. The van der Waals surface area contributed by atoms with Gasteiger partial charge in [0.2, 0.25) is 10.0 Å². The summed E-state index contributed by atoms with van der Waals surface area (Å²) in [6, 6.07) is 15.7. The minimum absolute atomic E-state index is 0.0513. The molecule has 7 heteroatoms. The molecule has 0 saturated heterocycles. The number of hydrogen-bond donors (Lipinski definition) is 2. The highest BCUT2D eigenvalue weighted by Gasteiger charge is 2.43. The first kappa shape index (κ1) is 22.8. The number of nitrogens with one attached hydrogen (secondary N) is 1. The van der Waals surface area contributed by atoms with Gasteiger partial charge in [0, 0.05) is 6.54 Å². The molecule has 2 aliphatic carbocycles. The van der Waals surface area contributed by atoms with Gasteiger partial charge in [-0.15, -0.1) is 0 Å². The Morgan fingerprint density at radius 3 is 2.56 bits per heavy atom. The second-order valence-corrected chi connectivity index (χ2v) is 10.9. The van der Waals surface area contributed by atoms with Crippen LogP contribution in [-0.2, 0) is 33.1 Å². The van der Waals surface area contributed by atoms with E-state index < -0.39 is 16.0 Å². The predicted molar refractivity (Wildman–Crippen MR) is 123 cm³/mol. The van der Waals surface area contributed by atoms with Gasteiger partial charge < -0.3 is 9.84 Å². The second kappa shape index (κ2) is 9.63. The first-order chi connectivity index (χ1) is 15.4. The zero-order chi connectivity index (χ0) is 22.6. The number of fused-ring (bicyclic) bond motifs is 2. The van der Waals surface area contributed by atoms with E-state index in [1.54, 1.807) is 0 Å². The lowest BCUT2D eigenvalue weighted by atomic mass is 9.67. The van der Waals surface area contributed by atoms with E-state index in [1.807, 2.05) is 36.4 Å². The van der Waals surface area contributed by atoms with Gasteiger partial charge >= 0.3 is 5.97 Å². The van der Waals surface area contributed by atoms with E-state index in [1.165, 1.54) is 11.1 Å². The third kappa shape index (κ3) is 5.33. The summed E-state index contributed by atoms with van der Waals surface area (Å²) in [6.45, 7) is 0.483. The summed E-state index contributed by atoms with van der Waals surface area (Å²) in [5, 5.41) is 9.31. The molecule has 32 heavy (non-hydrogen) atoms. The molecule has 0 aliphatic heterocycles. The van der Waals surface area contributed by atoms with Crippen LogP contribution >= 0.6 is 0 Å². The molecule has 6 nitrogen and oxygen atoms in total. The third-order valence-electron chi connectivity index (χ3n) is 7.01. The maximum atomic E-state index is 12.2. The van der Waals surface area contributed by atoms with Crippen molar-refractivity contribution >= 4 is 16.0 Å². The monoisotopic (exact) mass is 457 g/mol. The van der Waals surface area contributed by atoms with Crippen LogP contribution in [0.1, 0.15) is 48.8 Å². The molecule has 172 valence electrons. The highest BCUT2D eigenvalue weighted by molar-refractivity contribution is 7.89. The van der Waals surface area contributed by atoms with Crippen molar-refractivity contribution in [3.63, 3.8) is 0 Å². The number of benzene rings is 2. The number of carboxylic acids is 1. The van der Waals surface area contributed by atoms with Crippen molar-refractivity contribution in [1.29, 1.82) is 0 Å². The van der Waals surface area contributed by atoms with Crippen LogP contribution in [0.2, 0.25) is 0 Å². The lowest BCUT2D eigenvalue weighted by molar-refractivity contribution is -0.143. The van der Waals surface area contributed by atoms with Gasteiger partial charge in [0.05, 0.1) is 11.7 Å². The molecule has 0 aromatic heterocycles. The lowest BCUT2D eigenvalue weighted by Gasteiger charge is -2.37. The van der Waals surface area contributed by atoms with Crippen LogP contribution in [0.4, 0.5) is 0 Å². The average Bonchev–Trinajstić information content (AvgIpc) is 3.14. The summed E-state index contributed by atoms with van der Waals surface area (Å²) in [4.78, 5) is 11.3. The van der Waals surface area contributed by atoms with Crippen molar-refractivity contribution in [2.75, 3.05) is 18.9 Å². The Morgan fingerprint density at radius 2 is 1.84 bits per heavy atom. The van der Waals surface area contributed by atoms with Crippen LogP contribution in [0.15, 0.2) is 48.5 Å². The molecule has 2 aromatic rings. The van der Waals surface area contributed by atoms with E-state index in [0.29, 0.717) is 6.42 Å². The minimum Gasteiger partial charge on any atom is -0.492 e. The number of aliphatic carboxylic acids is 1. The molecule has 0 atom stereocenters. The summed E-state index contributed by atoms with van der Waals surface area (Å²) < 4.78 is 33.0. The number of ether oxygens (including phenoxy) is 1. The van der Waals surface area contributed by atoms with Gasteiger partial charge in [0.15, 0.2) is 0 Å². The van der Waals surface area contributed by atoms with Gasteiger partial charge in [-0.25, -0.2) is 13.1 Å². The summed E-state index contributed by atoms with van der Waals surface area (Å²) in [5.74, 6) is -0.107. The molecule has 1 saturated carbocycles. The Bertz CT molecular complexity index is 1040. The molecule has 4 rings (SSSR count). The van der Waals surface area contributed by atoms with Crippen molar-refractivity contribution in [1.82, 2.24) is 4.72 Å². The van der Waals surface area contributed by atoms with Crippen LogP contribution in [0, 0.1) is 5.92 Å². The molecule has 0 amide bonds. The van der Waals surface area contributed by atoms with Crippen molar-refractivity contribution in [2.24, 2.45) is 5.92 Å². The van der Waals surface area contributed by atoms with E-state index in [-0.39, 0.29) is 30.2 Å². The summed E-state index contributed by atoms with van der Waals surface area (Å²) >= 11 is 0. The van der Waals surface area contributed by atoms with E-state index in [0.717, 1.165) is 49.8 Å². The summed E-state index contributed by atoms with van der Waals surface area (Å²) in [7, 11) is -3.36. The van der Waals surface area contributed by atoms with Gasteiger partial charge in [-0.3, -0.25) is 4.79 Å². The number of carbonyl (C=O) groups is 1. The zero-order valence-corrected chi connectivity index (χ0v) is 19.1. The molecule has 2 aliphatic rings. The number of hydrogen-bond acceptors (Lipinski definition) is 4. The van der Waals surface area contributed by atoms with Crippen molar-refractivity contribution in [3.8, 4) is 5.75 Å². The van der Waals surface area contributed by atoms with Gasteiger partial charge in [-0.2, -0.15) is 0 Å². The predicted octanol–water partition coefficient (Wildman–Crippen LogP) is 3.69. The Morgan fingerprint density at radius 1 is 1.09 bits per heavy atom. The van der Waals surface area contributed by atoms with Gasteiger partial charge in [-0.05, 0) is 79.2 Å². The Balaban J connectivity index is 1.28. The molecule has 0 radical (unpaired) electrons. The average molecular weight is 458 g/mol. The number of aryl methyl sites for hydroxylation is 2. The Kier molecular flexibility index (Phi) is 6.86. The lowest BCUT2D eigenvalue weighted by Crippen LogP contribution is -2.32. The quantitative estimate of drug-likeness (QED) is 0.561. The largest absolute Gasteiger partial charge is 0.492 e. The third-order valence-corrected chi connectivity index (χ3v) is 8.40. The Hall–Kier alpha value is -2.38. The van der Waals surface area contributed by atoms with Gasteiger partial charge in [0.1, 0.15) is 12.4 Å². The van der Waals surface area contributed by atoms with E-state index in [9.17, 15) is 18.3 Å². The number of sulfonamides is 1. The summed E-state index contributed by atoms with van der Waals surface area (Å²) in [6.07, 6.45) is 5.83. The van der Waals surface area contributed by atoms with Crippen LogP contribution in [-0.4, -0.2) is 38.4 Å². The standard InChI is InChI=1S/C25H31NO5S/c27-24(28)21-9-13-25(14-10-21)12-8-20-6-7-22(18-23(20)25)31-16-15-26-32(29,30)17-11-19-4-2-1-3-5-19/h1-7,18,21,26H,8-17H2,(H,27,28). The molecule has 2 N–H and O–H groups in total. The topological polar surface area (TPSA) is 92.7 Å². The molecule has 2 aromatic carbocycles. The summed E-state index contributed by atoms with van der Waals surface area (Å²) in [5.41, 5.74) is 3.69. The molecule has 0 bridgehead atoms.